The molecular weight excluding hydrogens is 268 g/mol. The molecule has 3 aromatic rings. The summed E-state index contributed by atoms with van der Waals surface area (Å²) in [6.07, 6.45) is 0. The van der Waals surface area contributed by atoms with Gasteiger partial charge in [-0.25, -0.2) is 4.98 Å². The topological polar surface area (TPSA) is 24.9 Å². The van der Waals surface area contributed by atoms with Gasteiger partial charge in [-0.3, -0.25) is 0 Å². The number of hydrogen-bond donors (Lipinski definition) is 1. The van der Waals surface area contributed by atoms with Crippen LogP contribution in [0.15, 0.2) is 54.6 Å². The molecule has 0 saturated heterocycles. The van der Waals surface area contributed by atoms with Gasteiger partial charge in [-0.05, 0) is 50.5 Å². The van der Waals surface area contributed by atoms with Crippen LogP contribution in [0.5, 0.6) is 0 Å². The second-order valence-electron chi connectivity index (χ2n) is 6.77. The Balaban J connectivity index is 2.27. The van der Waals surface area contributed by atoms with Crippen LogP contribution < -0.4 is 5.32 Å². The first-order valence-corrected chi connectivity index (χ1v) is 7.68. The highest BCUT2D eigenvalue weighted by atomic mass is 15.0. The Morgan fingerprint density at radius 2 is 1.64 bits per heavy atom. The Kier molecular flexibility index (Phi) is 3.61. The van der Waals surface area contributed by atoms with Crippen molar-refractivity contribution in [3.05, 3.63) is 60.2 Å². The van der Waals surface area contributed by atoms with E-state index in [4.69, 9.17) is 4.98 Å². The number of aromatic nitrogens is 1. The smallest absolute Gasteiger partial charge is 0.127 e. The summed E-state index contributed by atoms with van der Waals surface area (Å²) in [6, 6.07) is 19.0. The molecule has 0 spiro atoms. The van der Waals surface area contributed by atoms with E-state index in [0.717, 1.165) is 11.3 Å². The summed E-state index contributed by atoms with van der Waals surface area (Å²) in [7, 11) is 0. The predicted octanol–water partition coefficient (Wildman–Crippen LogP) is 5.42. The summed E-state index contributed by atoms with van der Waals surface area (Å²) in [5.41, 5.74) is 4.69. The molecule has 112 valence electrons. The molecule has 0 amide bonds. The fraction of sp³-hybridized carbons (Fsp3) is 0.250. The van der Waals surface area contributed by atoms with Crippen LogP contribution in [0, 0.1) is 6.92 Å². The molecule has 1 aromatic heterocycles. The number of para-hydroxylation sites is 1. The summed E-state index contributed by atoms with van der Waals surface area (Å²) in [5, 5.41) is 4.70. The minimum absolute atomic E-state index is 0.0165. The molecule has 3 rings (SSSR count). The van der Waals surface area contributed by atoms with Crippen molar-refractivity contribution in [2.24, 2.45) is 0 Å². The van der Waals surface area contributed by atoms with E-state index in [-0.39, 0.29) is 5.54 Å². The van der Waals surface area contributed by atoms with Gasteiger partial charge in [-0.2, -0.15) is 0 Å². The lowest BCUT2D eigenvalue weighted by Gasteiger charge is -2.22. The normalized spacial score (nSPS) is 11.6. The second-order valence-corrected chi connectivity index (χ2v) is 6.77. The molecule has 0 unspecified atom stereocenters. The lowest BCUT2D eigenvalue weighted by atomic mass is 9.99. The van der Waals surface area contributed by atoms with Gasteiger partial charge in [-0.1, -0.05) is 48.5 Å². The fourth-order valence-corrected chi connectivity index (χ4v) is 2.70. The van der Waals surface area contributed by atoms with Crippen LogP contribution in [0.3, 0.4) is 0 Å². The summed E-state index contributed by atoms with van der Waals surface area (Å²) in [5.74, 6) is 0.924. The van der Waals surface area contributed by atoms with E-state index in [1.807, 2.05) is 6.07 Å². The molecule has 2 heteroatoms. The first-order valence-electron chi connectivity index (χ1n) is 7.68. The number of aryl methyl sites for hydroxylation is 1. The second kappa shape index (κ2) is 5.45. The van der Waals surface area contributed by atoms with E-state index < -0.39 is 0 Å². The largest absolute Gasteiger partial charge is 0.365 e. The molecular formula is C20H22N2. The van der Waals surface area contributed by atoms with Crippen molar-refractivity contribution in [3.63, 3.8) is 0 Å². The average Bonchev–Trinajstić information content (AvgIpc) is 2.47. The standard InChI is InChI=1S/C20H22N2/c1-14-9-8-12-16-17(15-10-6-5-7-11-15)13-18(21-19(14)16)22-20(2,3)4/h5-13H,1-4H3,(H,21,22). The molecule has 0 fully saturated rings. The minimum Gasteiger partial charge on any atom is -0.365 e. The molecule has 0 aliphatic heterocycles. The molecule has 1 N–H and O–H groups in total. The molecule has 0 aliphatic rings. The number of hydrogen-bond acceptors (Lipinski definition) is 2. The molecule has 2 nitrogen and oxygen atoms in total. The first kappa shape index (κ1) is 14.6. The van der Waals surface area contributed by atoms with Gasteiger partial charge in [-0.15, -0.1) is 0 Å². The molecule has 0 bridgehead atoms. The number of rotatable bonds is 2. The molecule has 1 heterocycles. The highest BCUT2D eigenvalue weighted by Gasteiger charge is 2.14. The quantitative estimate of drug-likeness (QED) is 0.681. The van der Waals surface area contributed by atoms with Crippen molar-refractivity contribution in [2.45, 2.75) is 33.2 Å². The lowest BCUT2D eigenvalue weighted by molar-refractivity contribution is 0.631. The van der Waals surface area contributed by atoms with E-state index >= 15 is 0 Å². The number of benzene rings is 2. The van der Waals surface area contributed by atoms with E-state index in [1.54, 1.807) is 0 Å². The van der Waals surface area contributed by atoms with Gasteiger partial charge in [0.15, 0.2) is 0 Å². The summed E-state index contributed by atoms with van der Waals surface area (Å²) >= 11 is 0. The molecule has 2 aromatic carbocycles. The van der Waals surface area contributed by atoms with Gasteiger partial charge >= 0.3 is 0 Å². The zero-order valence-corrected chi connectivity index (χ0v) is 13.6. The van der Waals surface area contributed by atoms with Gasteiger partial charge in [0.2, 0.25) is 0 Å². The van der Waals surface area contributed by atoms with E-state index in [9.17, 15) is 0 Å². The number of nitrogens with zero attached hydrogens (tertiary/aromatic N) is 1. The third kappa shape index (κ3) is 2.96. The Bertz CT molecular complexity index is 799. The zero-order valence-electron chi connectivity index (χ0n) is 13.6. The fourth-order valence-electron chi connectivity index (χ4n) is 2.70. The van der Waals surface area contributed by atoms with Gasteiger partial charge in [0, 0.05) is 10.9 Å². The van der Waals surface area contributed by atoms with Crippen molar-refractivity contribution in [1.29, 1.82) is 0 Å². The first-order chi connectivity index (χ1) is 10.4. The van der Waals surface area contributed by atoms with Crippen LogP contribution in [-0.2, 0) is 0 Å². The Morgan fingerprint density at radius 3 is 2.32 bits per heavy atom. The van der Waals surface area contributed by atoms with Crippen molar-refractivity contribution in [3.8, 4) is 11.1 Å². The Morgan fingerprint density at radius 1 is 0.909 bits per heavy atom. The van der Waals surface area contributed by atoms with Crippen LogP contribution in [0.1, 0.15) is 26.3 Å². The van der Waals surface area contributed by atoms with Crippen LogP contribution >= 0.6 is 0 Å². The van der Waals surface area contributed by atoms with Crippen molar-refractivity contribution in [1.82, 2.24) is 4.98 Å². The van der Waals surface area contributed by atoms with Crippen LogP contribution in [-0.4, -0.2) is 10.5 Å². The minimum atomic E-state index is -0.0165. The maximum absolute atomic E-state index is 4.84. The summed E-state index contributed by atoms with van der Waals surface area (Å²) in [4.78, 5) is 4.84. The summed E-state index contributed by atoms with van der Waals surface area (Å²) in [6.45, 7) is 8.57. The Hall–Kier alpha value is -2.35. The highest BCUT2D eigenvalue weighted by molar-refractivity contribution is 5.97. The number of pyridine rings is 1. The van der Waals surface area contributed by atoms with E-state index in [2.05, 4.69) is 81.5 Å². The summed E-state index contributed by atoms with van der Waals surface area (Å²) < 4.78 is 0. The number of anilines is 1. The monoisotopic (exact) mass is 290 g/mol. The van der Waals surface area contributed by atoms with Crippen molar-refractivity contribution >= 4 is 16.7 Å². The molecule has 22 heavy (non-hydrogen) atoms. The van der Waals surface area contributed by atoms with E-state index in [1.165, 1.54) is 22.1 Å². The van der Waals surface area contributed by atoms with Crippen LogP contribution in [0.2, 0.25) is 0 Å². The predicted molar refractivity (Wildman–Crippen MR) is 95.3 cm³/mol. The van der Waals surface area contributed by atoms with Gasteiger partial charge in [0.1, 0.15) is 5.82 Å². The lowest BCUT2D eigenvalue weighted by Crippen LogP contribution is -2.26. The van der Waals surface area contributed by atoms with E-state index in [0.29, 0.717) is 0 Å². The molecule has 0 radical (unpaired) electrons. The Labute approximate surface area is 132 Å². The van der Waals surface area contributed by atoms with Crippen molar-refractivity contribution < 1.29 is 0 Å². The van der Waals surface area contributed by atoms with Gasteiger partial charge < -0.3 is 5.32 Å². The average molecular weight is 290 g/mol. The third-order valence-electron chi connectivity index (χ3n) is 3.63. The van der Waals surface area contributed by atoms with Crippen LogP contribution in [0.25, 0.3) is 22.0 Å². The maximum atomic E-state index is 4.84. The molecule has 0 atom stereocenters. The molecule has 0 aliphatic carbocycles. The zero-order chi connectivity index (χ0) is 15.7. The van der Waals surface area contributed by atoms with Crippen LogP contribution in [0.4, 0.5) is 5.82 Å². The van der Waals surface area contributed by atoms with Crippen molar-refractivity contribution in [2.75, 3.05) is 5.32 Å². The maximum Gasteiger partial charge on any atom is 0.127 e. The van der Waals surface area contributed by atoms with Gasteiger partial charge in [0.05, 0.1) is 5.52 Å². The SMILES string of the molecule is Cc1cccc2c(-c3ccccc3)cc(NC(C)(C)C)nc12. The third-order valence-corrected chi connectivity index (χ3v) is 3.63. The van der Waals surface area contributed by atoms with Gasteiger partial charge in [0.25, 0.3) is 0 Å². The molecule has 0 saturated carbocycles. The highest BCUT2D eigenvalue weighted by Crippen LogP contribution is 2.32. The number of fused-ring (bicyclic) bond motifs is 1. The number of nitrogens with one attached hydrogen (secondary N) is 1.